The van der Waals surface area contributed by atoms with Gasteiger partial charge in [-0.05, 0) is 33.6 Å². The number of aliphatic hydroxyl groups is 1. The van der Waals surface area contributed by atoms with Gasteiger partial charge in [0.05, 0.1) is 11.1 Å². The first-order chi connectivity index (χ1) is 8.81. The van der Waals surface area contributed by atoms with Crippen LogP contribution in [0.3, 0.4) is 0 Å². The second-order valence-corrected chi connectivity index (χ2v) is 4.46. The molecule has 0 aromatic heterocycles. The van der Waals surface area contributed by atoms with Crippen LogP contribution in [0, 0.1) is 0 Å². The highest BCUT2D eigenvalue weighted by Crippen LogP contribution is 2.25. The number of amides is 1. The zero-order chi connectivity index (χ0) is 14.5. The fourth-order valence-corrected chi connectivity index (χ4v) is 1.69. The minimum absolute atomic E-state index is 0.148. The second-order valence-electron chi connectivity index (χ2n) is 3.60. The molecule has 0 aliphatic carbocycles. The van der Waals surface area contributed by atoms with Crippen molar-refractivity contribution < 1.29 is 27.8 Å². The summed E-state index contributed by atoms with van der Waals surface area (Å²) >= 11 is 3.16. The average Bonchev–Trinajstić information content (AvgIpc) is 2.34. The Hall–Kier alpha value is -1.28. The Morgan fingerprint density at radius 3 is 2.63 bits per heavy atom. The minimum Gasteiger partial charge on any atom is -0.483 e. The lowest BCUT2D eigenvalue weighted by atomic mass is 10.2. The summed E-state index contributed by atoms with van der Waals surface area (Å²) in [7, 11) is 0. The van der Waals surface area contributed by atoms with Crippen LogP contribution < -0.4 is 10.1 Å². The number of benzene rings is 1. The Morgan fingerprint density at radius 1 is 1.42 bits per heavy atom. The lowest BCUT2D eigenvalue weighted by Crippen LogP contribution is -2.36. The summed E-state index contributed by atoms with van der Waals surface area (Å²) in [5.74, 6) is -0.560. The maximum atomic E-state index is 11.8. The Kier molecular flexibility index (Phi) is 5.61. The zero-order valence-electron chi connectivity index (χ0n) is 9.63. The van der Waals surface area contributed by atoms with Crippen LogP contribution in [0.5, 0.6) is 5.75 Å². The highest BCUT2D eigenvalue weighted by atomic mass is 79.9. The molecule has 8 heteroatoms. The zero-order valence-corrected chi connectivity index (χ0v) is 11.2. The first-order valence-electron chi connectivity index (χ1n) is 5.17. The number of carbonyl (C=O) groups excluding carboxylic acids is 1. The van der Waals surface area contributed by atoms with E-state index in [2.05, 4.69) is 15.9 Å². The van der Waals surface area contributed by atoms with Crippen LogP contribution in [-0.2, 0) is 11.4 Å². The molecule has 2 N–H and O–H groups in total. The molecule has 0 radical (unpaired) electrons. The SMILES string of the molecule is O=C(COc1ccc(CO)cc1Br)NCC(F)(F)F. The largest absolute Gasteiger partial charge is 0.483 e. The van der Waals surface area contributed by atoms with E-state index in [1.165, 1.54) is 6.07 Å². The summed E-state index contributed by atoms with van der Waals surface area (Å²) in [4.78, 5) is 11.1. The van der Waals surface area contributed by atoms with Gasteiger partial charge in [-0.15, -0.1) is 0 Å². The van der Waals surface area contributed by atoms with E-state index >= 15 is 0 Å². The van der Waals surface area contributed by atoms with Crippen LogP contribution >= 0.6 is 15.9 Å². The van der Waals surface area contributed by atoms with Crippen molar-refractivity contribution in [2.45, 2.75) is 12.8 Å². The van der Waals surface area contributed by atoms with Crippen molar-refractivity contribution in [2.75, 3.05) is 13.2 Å². The number of aliphatic hydroxyl groups excluding tert-OH is 1. The highest BCUT2D eigenvalue weighted by Gasteiger charge is 2.27. The number of ether oxygens (including phenoxy) is 1. The van der Waals surface area contributed by atoms with Gasteiger partial charge in [-0.3, -0.25) is 4.79 Å². The minimum atomic E-state index is -4.45. The van der Waals surface area contributed by atoms with E-state index in [-0.39, 0.29) is 6.61 Å². The molecule has 0 saturated carbocycles. The Morgan fingerprint density at radius 2 is 2.11 bits per heavy atom. The smallest absolute Gasteiger partial charge is 0.405 e. The fraction of sp³-hybridized carbons (Fsp3) is 0.364. The molecule has 1 aromatic carbocycles. The van der Waals surface area contributed by atoms with Crippen LogP contribution in [0.1, 0.15) is 5.56 Å². The van der Waals surface area contributed by atoms with Crippen LogP contribution in [0.15, 0.2) is 22.7 Å². The predicted octanol–water partition coefficient (Wildman–Crippen LogP) is 2.00. The summed E-state index contributed by atoms with van der Waals surface area (Å²) < 4.78 is 41.1. The molecule has 0 aliphatic heterocycles. The van der Waals surface area contributed by atoms with Gasteiger partial charge in [0.25, 0.3) is 5.91 Å². The van der Waals surface area contributed by atoms with Crippen molar-refractivity contribution in [3.8, 4) is 5.75 Å². The number of halogens is 4. The van der Waals surface area contributed by atoms with Crippen molar-refractivity contribution in [1.29, 1.82) is 0 Å². The van der Waals surface area contributed by atoms with Gasteiger partial charge < -0.3 is 15.2 Å². The van der Waals surface area contributed by atoms with Crippen molar-refractivity contribution >= 4 is 21.8 Å². The third-order valence-corrected chi connectivity index (χ3v) is 2.64. The van der Waals surface area contributed by atoms with Crippen molar-refractivity contribution in [3.05, 3.63) is 28.2 Å². The third-order valence-electron chi connectivity index (χ3n) is 2.02. The first kappa shape index (κ1) is 15.8. The topological polar surface area (TPSA) is 58.6 Å². The van der Waals surface area contributed by atoms with E-state index in [0.717, 1.165) is 0 Å². The molecule has 0 atom stereocenters. The molecule has 0 fully saturated rings. The maximum absolute atomic E-state index is 11.8. The molecule has 106 valence electrons. The van der Waals surface area contributed by atoms with Gasteiger partial charge in [-0.2, -0.15) is 13.2 Å². The third kappa shape index (κ3) is 5.93. The molecule has 0 heterocycles. The van der Waals surface area contributed by atoms with Crippen LogP contribution in [0.2, 0.25) is 0 Å². The number of hydrogen-bond donors (Lipinski definition) is 2. The Balaban J connectivity index is 2.46. The van der Waals surface area contributed by atoms with Gasteiger partial charge >= 0.3 is 6.18 Å². The molecule has 1 rings (SSSR count). The number of rotatable bonds is 5. The predicted molar refractivity (Wildman–Crippen MR) is 64.6 cm³/mol. The summed E-state index contributed by atoms with van der Waals surface area (Å²) in [6, 6.07) is 4.67. The molecule has 4 nitrogen and oxygen atoms in total. The normalized spacial score (nSPS) is 11.2. The molecule has 0 bridgehead atoms. The molecule has 0 saturated heterocycles. The molecule has 0 aliphatic rings. The lowest BCUT2D eigenvalue weighted by Gasteiger charge is -2.10. The van der Waals surface area contributed by atoms with Gasteiger partial charge in [0.15, 0.2) is 6.61 Å². The maximum Gasteiger partial charge on any atom is 0.405 e. The summed E-state index contributed by atoms with van der Waals surface area (Å²) in [6.45, 7) is -2.06. The standard InChI is InChI=1S/C11H11BrF3NO3/c12-8-3-7(4-17)1-2-9(8)19-5-10(18)16-6-11(13,14)15/h1-3,17H,4-6H2,(H,16,18). The van der Waals surface area contributed by atoms with E-state index in [1.54, 1.807) is 17.4 Å². The summed E-state index contributed by atoms with van der Waals surface area (Å²) in [5.41, 5.74) is 0.640. The van der Waals surface area contributed by atoms with Gasteiger partial charge in [0.1, 0.15) is 12.3 Å². The lowest BCUT2D eigenvalue weighted by molar-refractivity contribution is -0.139. The van der Waals surface area contributed by atoms with Gasteiger partial charge in [0, 0.05) is 0 Å². The van der Waals surface area contributed by atoms with Crippen LogP contribution in [0.25, 0.3) is 0 Å². The van der Waals surface area contributed by atoms with Crippen molar-refractivity contribution in [2.24, 2.45) is 0 Å². The molecular weight excluding hydrogens is 331 g/mol. The number of carbonyl (C=O) groups is 1. The molecule has 1 amide bonds. The van der Waals surface area contributed by atoms with E-state index in [0.29, 0.717) is 15.8 Å². The molecular formula is C11H11BrF3NO3. The number of hydrogen-bond acceptors (Lipinski definition) is 3. The van der Waals surface area contributed by atoms with Gasteiger partial charge in [0.2, 0.25) is 0 Å². The van der Waals surface area contributed by atoms with Crippen molar-refractivity contribution in [1.82, 2.24) is 5.32 Å². The quantitative estimate of drug-likeness (QED) is 0.861. The van der Waals surface area contributed by atoms with Crippen LogP contribution in [0.4, 0.5) is 13.2 Å². The van der Waals surface area contributed by atoms with Crippen LogP contribution in [-0.4, -0.2) is 30.3 Å². The van der Waals surface area contributed by atoms with Gasteiger partial charge in [-0.1, -0.05) is 6.07 Å². The second kappa shape index (κ2) is 6.76. The highest BCUT2D eigenvalue weighted by molar-refractivity contribution is 9.10. The average molecular weight is 342 g/mol. The van der Waals surface area contributed by atoms with E-state index in [9.17, 15) is 18.0 Å². The van der Waals surface area contributed by atoms with E-state index < -0.39 is 25.2 Å². The summed E-state index contributed by atoms with van der Waals surface area (Å²) in [6.07, 6.45) is -4.45. The number of nitrogens with one attached hydrogen (secondary N) is 1. The number of alkyl halides is 3. The monoisotopic (exact) mass is 341 g/mol. The van der Waals surface area contributed by atoms with Gasteiger partial charge in [-0.25, -0.2) is 0 Å². The Bertz CT molecular complexity index is 451. The molecule has 19 heavy (non-hydrogen) atoms. The molecule has 0 unspecified atom stereocenters. The first-order valence-corrected chi connectivity index (χ1v) is 5.96. The fourth-order valence-electron chi connectivity index (χ4n) is 1.15. The van der Waals surface area contributed by atoms with E-state index in [4.69, 9.17) is 9.84 Å². The Labute approximate surface area is 115 Å². The van der Waals surface area contributed by atoms with E-state index in [1.807, 2.05) is 0 Å². The van der Waals surface area contributed by atoms with Crippen molar-refractivity contribution in [3.63, 3.8) is 0 Å². The summed E-state index contributed by atoms with van der Waals surface area (Å²) in [5, 5.41) is 10.6. The molecule has 0 spiro atoms. The molecule has 1 aromatic rings.